The largest absolute Gasteiger partial charge is 0.388 e. The van der Waals surface area contributed by atoms with Crippen LogP contribution in [0.5, 0.6) is 0 Å². The maximum Gasteiger partial charge on any atom is 0.255 e. The van der Waals surface area contributed by atoms with Crippen molar-refractivity contribution in [1.29, 1.82) is 0 Å². The van der Waals surface area contributed by atoms with Crippen LogP contribution in [-0.4, -0.2) is 13.0 Å². The Kier molecular flexibility index (Phi) is 4.18. The molecule has 0 fully saturated rings. The molecule has 0 saturated carbocycles. The fourth-order valence-electron chi connectivity index (χ4n) is 1.84. The van der Waals surface area contributed by atoms with Crippen molar-refractivity contribution in [2.24, 2.45) is 0 Å². The summed E-state index contributed by atoms with van der Waals surface area (Å²) >= 11 is 0. The van der Waals surface area contributed by atoms with E-state index in [1.807, 2.05) is 49.5 Å². The number of carbonyl (C=O) groups excluding carboxylic acids is 1. The Balaban J connectivity index is 2.11. The zero-order valence-electron chi connectivity index (χ0n) is 11.2. The maximum atomic E-state index is 12.1. The van der Waals surface area contributed by atoms with E-state index in [0.717, 1.165) is 17.8 Å². The van der Waals surface area contributed by atoms with Gasteiger partial charge in [0.15, 0.2) is 0 Å². The Morgan fingerprint density at radius 2 is 1.79 bits per heavy atom. The van der Waals surface area contributed by atoms with E-state index in [4.69, 9.17) is 0 Å². The van der Waals surface area contributed by atoms with Crippen LogP contribution < -0.4 is 10.6 Å². The molecule has 2 N–H and O–H groups in total. The first-order valence-corrected chi connectivity index (χ1v) is 6.41. The molecule has 19 heavy (non-hydrogen) atoms. The van der Waals surface area contributed by atoms with Crippen molar-refractivity contribution in [3.05, 3.63) is 59.7 Å². The number of anilines is 2. The molecule has 0 heterocycles. The van der Waals surface area contributed by atoms with Gasteiger partial charge < -0.3 is 10.6 Å². The summed E-state index contributed by atoms with van der Waals surface area (Å²) in [6, 6.07) is 15.3. The lowest BCUT2D eigenvalue weighted by Gasteiger charge is -2.07. The Labute approximate surface area is 113 Å². The monoisotopic (exact) mass is 254 g/mol. The minimum absolute atomic E-state index is 0.0960. The number of aryl methyl sites for hydroxylation is 1. The van der Waals surface area contributed by atoms with Gasteiger partial charge in [-0.3, -0.25) is 4.79 Å². The molecule has 0 saturated heterocycles. The van der Waals surface area contributed by atoms with Crippen LogP contribution >= 0.6 is 0 Å². The molecule has 0 radical (unpaired) electrons. The molecule has 1 amide bonds. The second kappa shape index (κ2) is 6.05. The molecule has 0 aliphatic heterocycles. The fourth-order valence-corrected chi connectivity index (χ4v) is 1.84. The highest BCUT2D eigenvalue weighted by atomic mass is 16.1. The smallest absolute Gasteiger partial charge is 0.255 e. The predicted molar refractivity (Wildman–Crippen MR) is 79.8 cm³/mol. The molecule has 98 valence electrons. The van der Waals surface area contributed by atoms with Gasteiger partial charge in [0.1, 0.15) is 0 Å². The van der Waals surface area contributed by atoms with E-state index in [1.165, 1.54) is 5.56 Å². The van der Waals surface area contributed by atoms with Gasteiger partial charge in [-0.25, -0.2) is 0 Å². The van der Waals surface area contributed by atoms with Crippen molar-refractivity contribution in [2.45, 2.75) is 13.3 Å². The van der Waals surface area contributed by atoms with E-state index in [-0.39, 0.29) is 5.91 Å². The molecule has 0 bridgehead atoms. The summed E-state index contributed by atoms with van der Waals surface area (Å²) in [6.45, 7) is 2.11. The van der Waals surface area contributed by atoms with Crippen LogP contribution in [0.3, 0.4) is 0 Å². The van der Waals surface area contributed by atoms with Crippen LogP contribution in [0.15, 0.2) is 48.5 Å². The van der Waals surface area contributed by atoms with Crippen LogP contribution in [-0.2, 0) is 6.42 Å². The maximum absolute atomic E-state index is 12.1. The Morgan fingerprint density at radius 1 is 1.05 bits per heavy atom. The lowest BCUT2D eigenvalue weighted by Crippen LogP contribution is -2.12. The van der Waals surface area contributed by atoms with E-state index in [1.54, 1.807) is 6.07 Å². The minimum Gasteiger partial charge on any atom is -0.388 e. The highest BCUT2D eigenvalue weighted by Crippen LogP contribution is 2.14. The van der Waals surface area contributed by atoms with Gasteiger partial charge in [0.05, 0.1) is 0 Å². The second-order valence-electron chi connectivity index (χ2n) is 4.34. The number of hydrogen-bond donors (Lipinski definition) is 2. The van der Waals surface area contributed by atoms with Gasteiger partial charge in [0.2, 0.25) is 0 Å². The van der Waals surface area contributed by atoms with Crippen LogP contribution in [0.4, 0.5) is 11.4 Å². The van der Waals surface area contributed by atoms with Crippen molar-refractivity contribution in [3.8, 4) is 0 Å². The zero-order chi connectivity index (χ0) is 13.7. The lowest BCUT2D eigenvalue weighted by atomic mass is 10.1. The quantitative estimate of drug-likeness (QED) is 0.876. The molecule has 0 aromatic heterocycles. The average Bonchev–Trinajstić information content (AvgIpc) is 2.48. The van der Waals surface area contributed by atoms with E-state index in [2.05, 4.69) is 17.6 Å². The molecule has 3 heteroatoms. The summed E-state index contributed by atoms with van der Waals surface area (Å²) in [6.07, 6.45) is 0.998. The Hall–Kier alpha value is -2.29. The molecule has 0 unspecified atom stereocenters. The molecule has 3 nitrogen and oxygen atoms in total. The first kappa shape index (κ1) is 13.1. The SMILES string of the molecule is CCc1ccc(NC(=O)c2cccc(NC)c2)cc1. The highest BCUT2D eigenvalue weighted by Gasteiger charge is 2.06. The van der Waals surface area contributed by atoms with Crippen molar-refractivity contribution >= 4 is 17.3 Å². The fraction of sp³-hybridized carbons (Fsp3) is 0.188. The standard InChI is InChI=1S/C16H18N2O/c1-3-12-7-9-14(10-8-12)18-16(19)13-5-4-6-15(11-13)17-2/h4-11,17H,3H2,1-2H3,(H,18,19). The first-order chi connectivity index (χ1) is 9.22. The predicted octanol–water partition coefficient (Wildman–Crippen LogP) is 3.54. The Bertz CT molecular complexity index is 561. The zero-order valence-corrected chi connectivity index (χ0v) is 11.2. The summed E-state index contributed by atoms with van der Waals surface area (Å²) in [5.41, 5.74) is 3.65. The van der Waals surface area contributed by atoms with Crippen LogP contribution in [0.2, 0.25) is 0 Å². The van der Waals surface area contributed by atoms with Gasteiger partial charge in [-0.05, 0) is 42.3 Å². The second-order valence-corrected chi connectivity index (χ2v) is 4.34. The summed E-state index contributed by atoms with van der Waals surface area (Å²) in [5, 5.41) is 5.92. The number of benzene rings is 2. The van der Waals surface area contributed by atoms with E-state index in [9.17, 15) is 4.79 Å². The summed E-state index contributed by atoms with van der Waals surface area (Å²) in [4.78, 5) is 12.1. The van der Waals surface area contributed by atoms with Gasteiger partial charge in [0, 0.05) is 24.0 Å². The average molecular weight is 254 g/mol. The van der Waals surface area contributed by atoms with Gasteiger partial charge in [-0.1, -0.05) is 25.1 Å². The number of rotatable bonds is 4. The number of carbonyl (C=O) groups is 1. The van der Waals surface area contributed by atoms with Crippen molar-refractivity contribution in [2.75, 3.05) is 17.7 Å². The minimum atomic E-state index is -0.0960. The van der Waals surface area contributed by atoms with Gasteiger partial charge in [-0.15, -0.1) is 0 Å². The first-order valence-electron chi connectivity index (χ1n) is 6.41. The molecule has 2 aromatic carbocycles. The summed E-state index contributed by atoms with van der Waals surface area (Å²) in [7, 11) is 1.83. The van der Waals surface area contributed by atoms with Gasteiger partial charge >= 0.3 is 0 Å². The Morgan fingerprint density at radius 3 is 2.42 bits per heavy atom. The topological polar surface area (TPSA) is 41.1 Å². The van der Waals surface area contributed by atoms with E-state index >= 15 is 0 Å². The lowest BCUT2D eigenvalue weighted by molar-refractivity contribution is 0.102. The number of amides is 1. The highest BCUT2D eigenvalue weighted by molar-refractivity contribution is 6.04. The molecular weight excluding hydrogens is 236 g/mol. The molecular formula is C16H18N2O. The molecule has 2 rings (SSSR count). The van der Waals surface area contributed by atoms with Crippen LogP contribution in [0.25, 0.3) is 0 Å². The van der Waals surface area contributed by atoms with Crippen molar-refractivity contribution in [1.82, 2.24) is 0 Å². The number of nitrogens with one attached hydrogen (secondary N) is 2. The molecule has 0 spiro atoms. The third-order valence-electron chi connectivity index (χ3n) is 3.03. The van der Waals surface area contributed by atoms with Crippen molar-refractivity contribution < 1.29 is 4.79 Å². The summed E-state index contributed by atoms with van der Waals surface area (Å²) in [5.74, 6) is -0.0960. The van der Waals surface area contributed by atoms with Crippen LogP contribution in [0, 0.1) is 0 Å². The molecule has 0 aliphatic rings. The van der Waals surface area contributed by atoms with Crippen LogP contribution in [0.1, 0.15) is 22.8 Å². The number of hydrogen-bond acceptors (Lipinski definition) is 2. The third kappa shape index (κ3) is 3.35. The van der Waals surface area contributed by atoms with Gasteiger partial charge in [0.25, 0.3) is 5.91 Å². The van der Waals surface area contributed by atoms with Crippen molar-refractivity contribution in [3.63, 3.8) is 0 Å². The normalized spacial score (nSPS) is 10.0. The van der Waals surface area contributed by atoms with Gasteiger partial charge in [-0.2, -0.15) is 0 Å². The van der Waals surface area contributed by atoms with E-state index < -0.39 is 0 Å². The van der Waals surface area contributed by atoms with E-state index in [0.29, 0.717) is 5.56 Å². The molecule has 2 aromatic rings. The third-order valence-corrected chi connectivity index (χ3v) is 3.03. The molecule has 0 aliphatic carbocycles. The molecule has 0 atom stereocenters. The summed E-state index contributed by atoms with van der Waals surface area (Å²) < 4.78 is 0.